The van der Waals surface area contributed by atoms with Gasteiger partial charge in [-0.2, -0.15) is 0 Å². The van der Waals surface area contributed by atoms with E-state index in [-0.39, 0.29) is 17.3 Å². The predicted molar refractivity (Wildman–Crippen MR) is 67.8 cm³/mol. The summed E-state index contributed by atoms with van der Waals surface area (Å²) in [6.45, 7) is 1.90. The Hall–Kier alpha value is -1.62. The Morgan fingerprint density at radius 1 is 1.56 bits per heavy atom. The molecular weight excluding hydrogens is 224 g/mol. The number of rotatable bonds is 4. The Morgan fingerprint density at radius 2 is 2.25 bits per heavy atom. The molecule has 0 aliphatic carbocycles. The normalized spacial score (nSPS) is 9.62. The number of aryl methyl sites for hydroxylation is 1. The fourth-order valence-corrected chi connectivity index (χ4v) is 1.45. The summed E-state index contributed by atoms with van der Waals surface area (Å²) in [5.74, 6) is 0.574. The third kappa shape index (κ3) is 3.51. The molecule has 1 aromatic rings. The smallest absolute Gasteiger partial charge is 0.231 e. The Labute approximate surface area is 99.8 Å². The molecule has 16 heavy (non-hydrogen) atoms. The summed E-state index contributed by atoms with van der Waals surface area (Å²) in [5.41, 5.74) is 6.94. The highest BCUT2D eigenvalue weighted by atomic mass is 32.1. The topological polar surface area (TPSA) is 64.3 Å². The lowest BCUT2D eigenvalue weighted by atomic mass is 10.2. The van der Waals surface area contributed by atoms with Crippen molar-refractivity contribution in [3.8, 4) is 5.75 Å². The first kappa shape index (κ1) is 12.4. The molecule has 1 amide bonds. The Balaban J connectivity index is 2.71. The van der Waals surface area contributed by atoms with E-state index >= 15 is 0 Å². The van der Waals surface area contributed by atoms with Gasteiger partial charge < -0.3 is 15.8 Å². The number of hydrogen-bond donors (Lipinski definition) is 2. The van der Waals surface area contributed by atoms with Crippen LogP contribution in [0.15, 0.2) is 18.2 Å². The minimum atomic E-state index is -0.211. The molecule has 0 radical (unpaired) electrons. The van der Waals surface area contributed by atoms with Crippen LogP contribution in [0.3, 0.4) is 0 Å². The van der Waals surface area contributed by atoms with Crippen molar-refractivity contribution in [3.63, 3.8) is 0 Å². The molecule has 0 unspecified atom stereocenters. The molecule has 0 saturated heterocycles. The van der Waals surface area contributed by atoms with E-state index in [0.717, 1.165) is 11.3 Å². The second-order valence-electron chi connectivity index (χ2n) is 3.38. The number of thiocarbonyl (C=S) groups is 1. The average molecular weight is 238 g/mol. The summed E-state index contributed by atoms with van der Waals surface area (Å²) in [6, 6.07) is 5.39. The number of ether oxygens (including phenoxy) is 1. The molecule has 4 nitrogen and oxygen atoms in total. The number of nitrogens with two attached hydrogens (primary N) is 1. The van der Waals surface area contributed by atoms with Gasteiger partial charge in [0.2, 0.25) is 5.91 Å². The Bertz CT molecular complexity index is 418. The van der Waals surface area contributed by atoms with E-state index in [1.54, 1.807) is 19.2 Å². The molecule has 0 bridgehead atoms. The van der Waals surface area contributed by atoms with E-state index < -0.39 is 0 Å². The van der Waals surface area contributed by atoms with Gasteiger partial charge in [0.05, 0.1) is 18.5 Å². The second kappa shape index (κ2) is 5.46. The standard InChI is InChI=1S/C11H14N2O2S/c1-7-5-8(3-4-9(7)15-2)13-11(14)6-10(12)16/h3-5H,6H2,1-2H3,(H2,12,16)(H,13,14). The molecular formula is C11H14N2O2S. The van der Waals surface area contributed by atoms with E-state index in [9.17, 15) is 4.79 Å². The van der Waals surface area contributed by atoms with E-state index in [1.807, 2.05) is 13.0 Å². The first-order valence-corrected chi connectivity index (χ1v) is 5.16. The van der Waals surface area contributed by atoms with Crippen LogP contribution in [0, 0.1) is 6.92 Å². The van der Waals surface area contributed by atoms with Crippen molar-refractivity contribution >= 4 is 28.8 Å². The van der Waals surface area contributed by atoms with Crippen LogP contribution in [0.1, 0.15) is 12.0 Å². The monoisotopic (exact) mass is 238 g/mol. The van der Waals surface area contributed by atoms with Crippen LogP contribution in [0.2, 0.25) is 0 Å². The summed E-state index contributed by atoms with van der Waals surface area (Å²) in [7, 11) is 1.60. The van der Waals surface area contributed by atoms with Crippen molar-refractivity contribution in [3.05, 3.63) is 23.8 Å². The van der Waals surface area contributed by atoms with E-state index in [4.69, 9.17) is 10.5 Å². The molecule has 0 saturated carbocycles. The highest BCUT2D eigenvalue weighted by molar-refractivity contribution is 7.80. The van der Waals surface area contributed by atoms with E-state index in [2.05, 4.69) is 17.5 Å². The molecule has 1 aromatic carbocycles. The molecule has 0 aromatic heterocycles. The van der Waals surface area contributed by atoms with Crippen LogP contribution in [-0.2, 0) is 4.79 Å². The van der Waals surface area contributed by atoms with Crippen molar-refractivity contribution in [1.82, 2.24) is 0 Å². The van der Waals surface area contributed by atoms with Crippen LogP contribution in [0.5, 0.6) is 5.75 Å². The van der Waals surface area contributed by atoms with Gasteiger partial charge in [-0.15, -0.1) is 0 Å². The zero-order chi connectivity index (χ0) is 12.1. The van der Waals surface area contributed by atoms with Gasteiger partial charge >= 0.3 is 0 Å². The number of methoxy groups -OCH3 is 1. The fraction of sp³-hybridized carbons (Fsp3) is 0.273. The number of amides is 1. The van der Waals surface area contributed by atoms with Crippen LogP contribution in [0.25, 0.3) is 0 Å². The minimum Gasteiger partial charge on any atom is -0.496 e. The average Bonchev–Trinajstić information content (AvgIpc) is 2.16. The maximum Gasteiger partial charge on any atom is 0.231 e. The van der Waals surface area contributed by atoms with Gasteiger partial charge in [-0.3, -0.25) is 4.79 Å². The van der Waals surface area contributed by atoms with Crippen molar-refractivity contribution in [2.75, 3.05) is 12.4 Å². The van der Waals surface area contributed by atoms with Gasteiger partial charge in [0.25, 0.3) is 0 Å². The fourth-order valence-electron chi connectivity index (χ4n) is 1.32. The van der Waals surface area contributed by atoms with Crippen molar-refractivity contribution < 1.29 is 9.53 Å². The van der Waals surface area contributed by atoms with Crippen LogP contribution in [-0.4, -0.2) is 18.0 Å². The number of carbonyl (C=O) groups is 1. The molecule has 5 heteroatoms. The van der Waals surface area contributed by atoms with Crippen LogP contribution >= 0.6 is 12.2 Å². The van der Waals surface area contributed by atoms with Gasteiger partial charge in [-0.25, -0.2) is 0 Å². The van der Waals surface area contributed by atoms with Gasteiger partial charge in [-0.1, -0.05) is 12.2 Å². The summed E-state index contributed by atoms with van der Waals surface area (Å²) in [6.07, 6.45) is 0.0560. The molecule has 0 spiro atoms. The summed E-state index contributed by atoms with van der Waals surface area (Å²) < 4.78 is 5.12. The third-order valence-electron chi connectivity index (χ3n) is 2.01. The SMILES string of the molecule is COc1ccc(NC(=O)CC(N)=S)cc1C. The minimum absolute atomic E-state index is 0.0560. The van der Waals surface area contributed by atoms with E-state index in [1.165, 1.54) is 0 Å². The zero-order valence-corrected chi connectivity index (χ0v) is 10.1. The molecule has 3 N–H and O–H groups in total. The van der Waals surface area contributed by atoms with Crippen molar-refractivity contribution in [1.29, 1.82) is 0 Å². The first-order valence-electron chi connectivity index (χ1n) is 4.75. The number of carbonyl (C=O) groups excluding carboxylic acids is 1. The molecule has 0 fully saturated rings. The second-order valence-corrected chi connectivity index (χ2v) is 3.90. The van der Waals surface area contributed by atoms with Gasteiger partial charge in [0.1, 0.15) is 5.75 Å². The van der Waals surface area contributed by atoms with Crippen LogP contribution in [0.4, 0.5) is 5.69 Å². The lowest BCUT2D eigenvalue weighted by molar-refractivity contribution is -0.115. The quantitative estimate of drug-likeness (QED) is 0.782. The largest absolute Gasteiger partial charge is 0.496 e. The highest BCUT2D eigenvalue weighted by Gasteiger charge is 2.05. The predicted octanol–water partition coefficient (Wildman–Crippen LogP) is 1.62. The number of anilines is 1. The Morgan fingerprint density at radius 3 is 2.75 bits per heavy atom. The lowest BCUT2D eigenvalue weighted by Crippen LogP contribution is -2.20. The maximum absolute atomic E-state index is 11.4. The number of hydrogen-bond acceptors (Lipinski definition) is 3. The zero-order valence-electron chi connectivity index (χ0n) is 9.24. The summed E-state index contributed by atoms with van der Waals surface area (Å²) in [4.78, 5) is 11.6. The molecule has 86 valence electrons. The highest BCUT2D eigenvalue weighted by Crippen LogP contribution is 2.21. The van der Waals surface area contributed by atoms with Crippen molar-refractivity contribution in [2.24, 2.45) is 5.73 Å². The molecule has 0 aliphatic heterocycles. The summed E-state index contributed by atoms with van der Waals surface area (Å²) in [5, 5.41) is 2.70. The number of benzene rings is 1. The molecule has 0 aliphatic rings. The van der Waals surface area contributed by atoms with Gasteiger partial charge in [0.15, 0.2) is 0 Å². The molecule has 0 heterocycles. The molecule has 0 atom stereocenters. The van der Waals surface area contributed by atoms with Crippen LogP contribution < -0.4 is 15.8 Å². The van der Waals surface area contributed by atoms with Crippen molar-refractivity contribution in [2.45, 2.75) is 13.3 Å². The lowest BCUT2D eigenvalue weighted by Gasteiger charge is -2.08. The maximum atomic E-state index is 11.4. The van der Waals surface area contributed by atoms with Gasteiger partial charge in [0, 0.05) is 5.69 Å². The molecule has 1 rings (SSSR count). The first-order chi connectivity index (χ1) is 7.52. The Kier molecular flexibility index (Phi) is 4.25. The van der Waals surface area contributed by atoms with Gasteiger partial charge in [-0.05, 0) is 30.7 Å². The number of nitrogens with one attached hydrogen (secondary N) is 1. The van der Waals surface area contributed by atoms with E-state index in [0.29, 0.717) is 5.69 Å². The third-order valence-corrected chi connectivity index (χ3v) is 2.16. The summed E-state index contributed by atoms with van der Waals surface area (Å²) >= 11 is 4.65.